The van der Waals surface area contributed by atoms with Crippen LogP contribution in [0.1, 0.15) is 46.0 Å². The average Bonchev–Trinajstić information content (AvgIpc) is 2.36. The fourth-order valence-corrected chi connectivity index (χ4v) is 2.67. The monoisotopic (exact) mass is 309 g/mol. The summed E-state index contributed by atoms with van der Waals surface area (Å²) in [6.07, 6.45) is -3.83. The molecule has 1 amide bonds. The van der Waals surface area contributed by atoms with E-state index in [1.807, 2.05) is 0 Å². The molecule has 0 radical (unpaired) electrons. The molecule has 1 saturated carbocycles. The third-order valence-corrected chi connectivity index (χ3v) is 4.03. The summed E-state index contributed by atoms with van der Waals surface area (Å²) in [5.41, 5.74) is 0. The van der Waals surface area contributed by atoms with Gasteiger partial charge in [0.2, 0.25) is 5.91 Å². The molecule has 0 aromatic rings. The van der Waals surface area contributed by atoms with Crippen LogP contribution in [0.15, 0.2) is 0 Å². The van der Waals surface area contributed by atoms with Gasteiger partial charge in [-0.15, -0.1) is 0 Å². The molecule has 4 nitrogen and oxygen atoms in total. The first-order chi connectivity index (χ1) is 9.61. The number of hydrogen-bond acceptors (Lipinski definition) is 2. The van der Waals surface area contributed by atoms with Crippen LogP contribution in [-0.4, -0.2) is 29.2 Å². The first-order valence-corrected chi connectivity index (χ1v) is 7.20. The third-order valence-electron chi connectivity index (χ3n) is 4.03. The predicted molar refractivity (Wildman–Crippen MR) is 70.5 cm³/mol. The van der Waals surface area contributed by atoms with Crippen LogP contribution in [0.4, 0.5) is 13.2 Å². The molecule has 1 rings (SSSR count). The van der Waals surface area contributed by atoms with Gasteiger partial charge in [-0.3, -0.25) is 9.59 Å². The molecule has 0 bridgehead atoms. The summed E-state index contributed by atoms with van der Waals surface area (Å²) >= 11 is 0. The van der Waals surface area contributed by atoms with Crippen LogP contribution in [0, 0.1) is 17.8 Å². The van der Waals surface area contributed by atoms with E-state index >= 15 is 0 Å². The quantitative estimate of drug-likeness (QED) is 0.820. The van der Waals surface area contributed by atoms with Crippen LogP contribution in [0.3, 0.4) is 0 Å². The van der Waals surface area contributed by atoms with Crippen molar-refractivity contribution >= 4 is 11.9 Å². The predicted octanol–water partition coefficient (Wildman–Crippen LogP) is 2.97. The number of carboxylic acids is 1. The number of hydrogen-bond donors (Lipinski definition) is 2. The van der Waals surface area contributed by atoms with Crippen LogP contribution in [-0.2, 0) is 9.59 Å². The lowest BCUT2D eigenvalue weighted by molar-refractivity contribution is -0.186. The van der Waals surface area contributed by atoms with Crippen molar-refractivity contribution < 1.29 is 27.9 Å². The first-order valence-electron chi connectivity index (χ1n) is 7.20. The molecule has 21 heavy (non-hydrogen) atoms. The van der Waals surface area contributed by atoms with Crippen molar-refractivity contribution in [2.75, 3.05) is 0 Å². The minimum Gasteiger partial charge on any atom is -0.481 e. The number of carbonyl (C=O) groups excluding carboxylic acids is 1. The van der Waals surface area contributed by atoms with Gasteiger partial charge in [-0.25, -0.2) is 0 Å². The summed E-state index contributed by atoms with van der Waals surface area (Å²) < 4.78 is 38.2. The van der Waals surface area contributed by atoms with E-state index in [4.69, 9.17) is 5.11 Å². The molecule has 0 spiro atoms. The van der Waals surface area contributed by atoms with Gasteiger partial charge >= 0.3 is 12.1 Å². The molecule has 0 heterocycles. The Bertz CT molecular complexity index is 382. The molecule has 0 aromatic carbocycles. The normalized spacial score (nSPS) is 24.7. The average molecular weight is 309 g/mol. The maximum Gasteiger partial charge on any atom is 0.391 e. The Kier molecular flexibility index (Phi) is 6.04. The second-order valence-electron chi connectivity index (χ2n) is 6.06. The molecule has 0 saturated heterocycles. The highest BCUT2D eigenvalue weighted by molar-refractivity contribution is 5.80. The molecule has 1 fully saturated rings. The van der Waals surface area contributed by atoms with Crippen molar-refractivity contribution in [3.8, 4) is 0 Å². The van der Waals surface area contributed by atoms with E-state index in [1.54, 1.807) is 13.8 Å². The zero-order valence-electron chi connectivity index (χ0n) is 12.2. The molecule has 3 unspecified atom stereocenters. The van der Waals surface area contributed by atoms with E-state index in [1.165, 1.54) is 0 Å². The van der Waals surface area contributed by atoms with Crippen molar-refractivity contribution in [2.45, 2.75) is 58.2 Å². The maximum atomic E-state index is 12.7. The molecule has 2 N–H and O–H groups in total. The fourth-order valence-electron chi connectivity index (χ4n) is 2.67. The summed E-state index contributed by atoms with van der Waals surface area (Å²) in [6, 6.07) is -0.554. The van der Waals surface area contributed by atoms with Crippen LogP contribution < -0.4 is 5.32 Å². The van der Waals surface area contributed by atoms with E-state index in [-0.39, 0.29) is 25.2 Å². The topological polar surface area (TPSA) is 66.4 Å². The van der Waals surface area contributed by atoms with Gasteiger partial charge in [0.25, 0.3) is 0 Å². The third kappa shape index (κ3) is 5.55. The Morgan fingerprint density at radius 3 is 2.38 bits per heavy atom. The molecule has 7 heteroatoms. The lowest BCUT2D eigenvalue weighted by Crippen LogP contribution is -2.45. The fraction of sp³-hybridized carbons (Fsp3) is 0.857. The Labute approximate surface area is 122 Å². The maximum absolute atomic E-state index is 12.7. The highest BCUT2D eigenvalue weighted by atomic mass is 19.4. The minimum absolute atomic E-state index is 0.0655. The number of alkyl halides is 3. The van der Waals surface area contributed by atoms with Crippen molar-refractivity contribution in [2.24, 2.45) is 17.8 Å². The van der Waals surface area contributed by atoms with Crippen LogP contribution >= 0.6 is 0 Å². The number of rotatable bonds is 5. The van der Waals surface area contributed by atoms with Crippen molar-refractivity contribution in [1.82, 2.24) is 5.32 Å². The van der Waals surface area contributed by atoms with Gasteiger partial charge < -0.3 is 10.4 Å². The molecular weight excluding hydrogens is 287 g/mol. The minimum atomic E-state index is -4.27. The highest BCUT2D eigenvalue weighted by Gasteiger charge is 2.43. The first kappa shape index (κ1) is 17.8. The van der Waals surface area contributed by atoms with E-state index in [0.29, 0.717) is 12.8 Å². The molecule has 0 aliphatic heterocycles. The second-order valence-corrected chi connectivity index (χ2v) is 6.06. The van der Waals surface area contributed by atoms with E-state index in [0.717, 1.165) is 0 Å². The van der Waals surface area contributed by atoms with E-state index < -0.39 is 35.9 Å². The molecule has 0 aromatic heterocycles. The van der Waals surface area contributed by atoms with E-state index in [2.05, 4.69) is 5.32 Å². The highest BCUT2D eigenvalue weighted by Crippen LogP contribution is 2.40. The second kappa shape index (κ2) is 7.13. The SMILES string of the molecule is CC(C)C(CC(=O)O)NC(=O)C1CCCC(C(F)(F)F)C1. The zero-order valence-corrected chi connectivity index (χ0v) is 12.2. The van der Waals surface area contributed by atoms with Crippen LogP contribution in [0.2, 0.25) is 0 Å². The van der Waals surface area contributed by atoms with Gasteiger partial charge in [0.1, 0.15) is 0 Å². The molecular formula is C14H22F3NO3. The molecule has 1 aliphatic rings. The Balaban J connectivity index is 2.63. The van der Waals surface area contributed by atoms with Crippen molar-refractivity contribution in [3.63, 3.8) is 0 Å². The van der Waals surface area contributed by atoms with Crippen molar-refractivity contribution in [3.05, 3.63) is 0 Å². The summed E-state index contributed by atoms with van der Waals surface area (Å²) in [5.74, 6) is -3.69. The summed E-state index contributed by atoms with van der Waals surface area (Å²) in [7, 11) is 0. The van der Waals surface area contributed by atoms with E-state index in [9.17, 15) is 22.8 Å². The number of carbonyl (C=O) groups is 2. The molecule has 1 aliphatic carbocycles. The number of amides is 1. The lowest BCUT2D eigenvalue weighted by Gasteiger charge is -2.31. The van der Waals surface area contributed by atoms with Crippen LogP contribution in [0.25, 0.3) is 0 Å². The van der Waals surface area contributed by atoms with Gasteiger partial charge in [0.05, 0.1) is 12.3 Å². The lowest BCUT2D eigenvalue weighted by atomic mass is 9.80. The van der Waals surface area contributed by atoms with Gasteiger partial charge in [-0.2, -0.15) is 13.2 Å². The smallest absolute Gasteiger partial charge is 0.391 e. The summed E-state index contributed by atoms with van der Waals surface area (Å²) in [6.45, 7) is 3.54. The Hall–Kier alpha value is -1.27. The number of halogens is 3. The van der Waals surface area contributed by atoms with Gasteiger partial charge in [-0.1, -0.05) is 20.3 Å². The summed E-state index contributed by atoms with van der Waals surface area (Å²) in [5, 5.41) is 11.4. The van der Waals surface area contributed by atoms with Crippen LogP contribution in [0.5, 0.6) is 0 Å². The van der Waals surface area contributed by atoms with Gasteiger partial charge in [0, 0.05) is 12.0 Å². The number of nitrogens with one attached hydrogen (secondary N) is 1. The standard InChI is InChI=1S/C14H22F3NO3/c1-8(2)11(7-12(19)20)18-13(21)9-4-3-5-10(6-9)14(15,16)17/h8-11H,3-7H2,1-2H3,(H,18,21)(H,19,20). The van der Waals surface area contributed by atoms with Gasteiger partial charge in [-0.05, 0) is 25.2 Å². The number of aliphatic carboxylic acids is 1. The zero-order chi connectivity index (χ0) is 16.2. The molecule has 122 valence electrons. The number of carboxylic acid groups (broad SMARTS) is 1. The largest absolute Gasteiger partial charge is 0.481 e. The Morgan fingerprint density at radius 2 is 1.90 bits per heavy atom. The van der Waals surface area contributed by atoms with Crippen molar-refractivity contribution in [1.29, 1.82) is 0 Å². The Morgan fingerprint density at radius 1 is 1.29 bits per heavy atom. The molecule has 3 atom stereocenters. The van der Waals surface area contributed by atoms with Gasteiger partial charge in [0.15, 0.2) is 0 Å². The summed E-state index contributed by atoms with van der Waals surface area (Å²) in [4.78, 5) is 22.9.